The largest absolute Gasteiger partial charge is 0.480 e. The summed E-state index contributed by atoms with van der Waals surface area (Å²) in [6.45, 7) is 4.31. The van der Waals surface area contributed by atoms with Crippen LogP contribution in [0.3, 0.4) is 0 Å². The number of rotatable bonds is 5. The van der Waals surface area contributed by atoms with Crippen molar-refractivity contribution in [3.63, 3.8) is 0 Å². The molecular weight excluding hydrogens is 200 g/mol. The van der Waals surface area contributed by atoms with Gasteiger partial charge in [-0.25, -0.2) is 9.78 Å². The smallest absolute Gasteiger partial charge is 0.330 e. The summed E-state index contributed by atoms with van der Waals surface area (Å²) in [7, 11) is 0. The van der Waals surface area contributed by atoms with Gasteiger partial charge in [0.2, 0.25) is 0 Å². The third-order valence-electron chi connectivity index (χ3n) is 2.02. The first-order valence-corrected chi connectivity index (χ1v) is 5.37. The molecule has 78 valence electrons. The molecule has 0 aliphatic heterocycles. The summed E-state index contributed by atoms with van der Waals surface area (Å²) in [6, 6.07) is 0. The Balaban J connectivity index is 2.87. The van der Waals surface area contributed by atoms with E-state index >= 15 is 0 Å². The van der Waals surface area contributed by atoms with Gasteiger partial charge in [0.15, 0.2) is 5.54 Å². The summed E-state index contributed by atoms with van der Waals surface area (Å²) in [6.07, 6.45) is 2.52. The Morgan fingerprint density at radius 2 is 2.50 bits per heavy atom. The number of aliphatic carboxylic acids is 1. The Morgan fingerprint density at radius 1 is 1.79 bits per heavy atom. The van der Waals surface area contributed by atoms with Crippen molar-refractivity contribution in [3.05, 3.63) is 16.6 Å². The molecule has 1 rings (SSSR count). The number of hydrogen-bond acceptors (Lipinski definition) is 4. The molecule has 0 aromatic carbocycles. The number of thiazole rings is 1. The van der Waals surface area contributed by atoms with Crippen molar-refractivity contribution in [2.75, 3.05) is 6.54 Å². The number of carboxylic acids is 1. The van der Waals surface area contributed by atoms with Crippen LogP contribution in [0.5, 0.6) is 0 Å². The molecule has 1 aromatic rings. The molecule has 1 heterocycles. The topological polar surface area (TPSA) is 62.2 Å². The Hall–Kier alpha value is -0.940. The molecule has 2 N–H and O–H groups in total. The molecule has 4 nitrogen and oxygen atoms in total. The first-order valence-electron chi connectivity index (χ1n) is 4.49. The Kier molecular flexibility index (Phi) is 3.60. The molecule has 1 atom stereocenters. The molecule has 0 aliphatic rings. The van der Waals surface area contributed by atoms with Gasteiger partial charge in [0, 0.05) is 11.6 Å². The van der Waals surface area contributed by atoms with Crippen molar-refractivity contribution >= 4 is 17.3 Å². The lowest BCUT2D eigenvalue weighted by atomic mass is 10.0. The van der Waals surface area contributed by atoms with Gasteiger partial charge in [-0.1, -0.05) is 6.92 Å². The second-order valence-corrected chi connectivity index (χ2v) is 4.09. The van der Waals surface area contributed by atoms with Gasteiger partial charge in [-0.15, -0.1) is 11.3 Å². The molecule has 0 bridgehead atoms. The fourth-order valence-corrected chi connectivity index (χ4v) is 1.86. The molecule has 0 amide bonds. The van der Waals surface area contributed by atoms with Crippen LogP contribution in [0.25, 0.3) is 0 Å². The quantitative estimate of drug-likeness (QED) is 0.778. The molecular formula is C9H14N2O2S. The van der Waals surface area contributed by atoms with Gasteiger partial charge in [0.1, 0.15) is 5.01 Å². The monoisotopic (exact) mass is 214 g/mol. The molecule has 1 unspecified atom stereocenters. The minimum atomic E-state index is -1.05. The second kappa shape index (κ2) is 4.52. The van der Waals surface area contributed by atoms with E-state index in [0.717, 1.165) is 6.42 Å². The van der Waals surface area contributed by atoms with Crippen LogP contribution in [0, 0.1) is 0 Å². The zero-order valence-corrected chi connectivity index (χ0v) is 9.10. The number of carbonyl (C=O) groups is 1. The molecule has 0 fully saturated rings. The van der Waals surface area contributed by atoms with Crippen LogP contribution in [0.15, 0.2) is 11.6 Å². The molecule has 14 heavy (non-hydrogen) atoms. The van der Waals surface area contributed by atoms with Crippen molar-refractivity contribution in [1.82, 2.24) is 10.3 Å². The maximum atomic E-state index is 11.1. The number of hydrogen-bond donors (Lipinski definition) is 2. The molecule has 0 saturated carbocycles. The number of nitrogens with zero attached hydrogens (tertiary/aromatic N) is 1. The van der Waals surface area contributed by atoms with E-state index in [2.05, 4.69) is 10.3 Å². The number of carboxylic acid groups (broad SMARTS) is 1. The van der Waals surface area contributed by atoms with E-state index in [1.807, 2.05) is 6.92 Å². The minimum Gasteiger partial charge on any atom is -0.480 e. The van der Waals surface area contributed by atoms with E-state index in [1.54, 1.807) is 18.5 Å². The highest BCUT2D eigenvalue weighted by Crippen LogP contribution is 2.22. The molecule has 0 saturated heterocycles. The third kappa shape index (κ3) is 2.10. The summed E-state index contributed by atoms with van der Waals surface area (Å²) in [5, 5.41) is 14.5. The van der Waals surface area contributed by atoms with E-state index in [4.69, 9.17) is 5.11 Å². The molecule has 5 heteroatoms. The van der Waals surface area contributed by atoms with E-state index in [-0.39, 0.29) is 0 Å². The van der Waals surface area contributed by atoms with Gasteiger partial charge in [-0.2, -0.15) is 0 Å². The maximum Gasteiger partial charge on any atom is 0.330 e. The summed E-state index contributed by atoms with van der Waals surface area (Å²) < 4.78 is 0. The highest BCUT2D eigenvalue weighted by Gasteiger charge is 2.36. The lowest BCUT2D eigenvalue weighted by Gasteiger charge is -2.23. The zero-order chi connectivity index (χ0) is 10.6. The van der Waals surface area contributed by atoms with Crippen LogP contribution in [-0.4, -0.2) is 22.6 Å². The van der Waals surface area contributed by atoms with Crippen LogP contribution in [0.1, 0.15) is 25.3 Å². The highest BCUT2D eigenvalue weighted by atomic mass is 32.1. The molecule has 0 aliphatic carbocycles. The Bertz CT molecular complexity index is 300. The average molecular weight is 214 g/mol. The van der Waals surface area contributed by atoms with Gasteiger partial charge >= 0.3 is 5.97 Å². The third-order valence-corrected chi connectivity index (χ3v) is 3.01. The highest BCUT2D eigenvalue weighted by molar-refractivity contribution is 7.09. The summed E-state index contributed by atoms with van der Waals surface area (Å²) in [4.78, 5) is 15.2. The van der Waals surface area contributed by atoms with Gasteiger partial charge in [-0.3, -0.25) is 5.32 Å². The van der Waals surface area contributed by atoms with E-state index < -0.39 is 11.5 Å². The van der Waals surface area contributed by atoms with Crippen LogP contribution in [0.2, 0.25) is 0 Å². The van der Waals surface area contributed by atoms with Crippen molar-refractivity contribution in [2.24, 2.45) is 0 Å². The number of nitrogens with one attached hydrogen (secondary N) is 1. The Labute approximate surface area is 87.0 Å². The van der Waals surface area contributed by atoms with Gasteiger partial charge in [0.25, 0.3) is 0 Å². The SMILES string of the molecule is CCCNC(C)(C(=O)O)c1nccs1. The van der Waals surface area contributed by atoms with Gasteiger partial charge in [0.05, 0.1) is 0 Å². The number of aromatic nitrogens is 1. The fraction of sp³-hybridized carbons (Fsp3) is 0.556. The van der Waals surface area contributed by atoms with Gasteiger partial charge < -0.3 is 5.11 Å². The molecule has 0 spiro atoms. The normalized spacial score (nSPS) is 15.0. The predicted molar refractivity (Wildman–Crippen MR) is 55.4 cm³/mol. The van der Waals surface area contributed by atoms with E-state index in [1.165, 1.54) is 11.3 Å². The van der Waals surface area contributed by atoms with Crippen molar-refractivity contribution in [1.29, 1.82) is 0 Å². The Morgan fingerprint density at radius 3 is 2.93 bits per heavy atom. The van der Waals surface area contributed by atoms with Crippen LogP contribution < -0.4 is 5.32 Å². The van der Waals surface area contributed by atoms with Crippen molar-refractivity contribution in [2.45, 2.75) is 25.8 Å². The van der Waals surface area contributed by atoms with E-state index in [9.17, 15) is 4.79 Å². The summed E-state index contributed by atoms with van der Waals surface area (Å²) in [5.74, 6) is -0.888. The van der Waals surface area contributed by atoms with Crippen molar-refractivity contribution in [3.8, 4) is 0 Å². The van der Waals surface area contributed by atoms with E-state index in [0.29, 0.717) is 11.6 Å². The minimum absolute atomic E-state index is 0.596. The lowest BCUT2D eigenvalue weighted by Crippen LogP contribution is -2.46. The summed E-state index contributed by atoms with van der Waals surface area (Å²) >= 11 is 1.35. The first kappa shape index (κ1) is 11.1. The van der Waals surface area contributed by atoms with Crippen molar-refractivity contribution < 1.29 is 9.90 Å². The maximum absolute atomic E-state index is 11.1. The fourth-order valence-electron chi connectivity index (χ4n) is 1.09. The molecule has 1 aromatic heterocycles. The van der Waals surface area contributed by atoms with Crippen LogP contribution in [0.4, 0.5) is 0 Å². The van der Waals surface area contributed by atoms with Gasteiger partial charge in [-0.05, 0) is 19.9 Å². The summed E-state index contributed by atoms with van der Waals surface area (Å²) in [5.41, 5.74) is -1.05. The molecule has 0 radical (unpaired) electrons. The predicted octanol–water partition coefficient (Wildman–Crippen LogP) is 1.44. The zero-order valence-electron chi connectivity index (χ0n) is 8.28. The van der Waals surface area contributed by atoms with Crippen LogP contribution in [-0.2, 0) is 10.3 Å². The average Bonchev–Trinajstić information content (AvgIpc) is 2.66. The second-order valence-electron chi connectivity index (χ2n) is 3.19. The first-order chi connectivity index (χ1) is 6.61. The standard InChI is InChI=1S/C9H14N2O2S/c1-3-4-11-9(2,8(12)13)7-10-5-6-14-7/h5-6,11H,3-4H2,1-2H3,(H,12,13). The van der Waals surface area contributed by atoms with Crippen LogP contribution >= 0.6 is 11.3 Å². The lowest BCUT2D eigenvalue weighted by molar-refractivity contribution is -0.144.